The van der Waals surface area contributed by atoms with Crippen LogP contribution in [-0.2, 0) is 9.59 Å². The number of carboxylic acid groups (broad SMARTS) is 1. The second-order valence-corrected chi connectivity index (χ2v) is 5.54. The normalized spacial score (nSPS) is 23.8. The van der Waals surface area contributed by atoms with Crippen LogP contribution < -0.4 is 5.32 Å². The number of amides is 1. The predicted octanol–water partition coefficient (Wildman–Crippen LogP) is 2.43. The first-order valence-electron chi connectivity index (χ1n) is 6.05. The van der Waals surface area contributed by atoms with Crippen molar-refractivity contribution in [1.82, 2.24) is 0 Å². The maximum Gasteiger partial charge on any atom is 0.307 e. The summed E-state index contributed by atoms with van der Waals surface area (Å²) in [5.41, 5.74) is 0.146. The molecule has 1 aromatic carbocycles. The largest absolute Gasteiger partial charge is 0.481 e. The van der Waals surface area contributed by atoms with Crippen molar-refractivity contribution >= 4 is 17.6 Å². The maximum atomic E-state index is 13.6. The van der Waals surface area contributed by atoms with E-state index < -0.39 is 34.9 Å². The van der Waals surface area contributed by atoms with Crippen molar-refractivity contribution in [2.45, 2.75) is 20.8 Å². The van der Waals surface area contributed by atoms with Crippen LogP contribution in [0.1, 0.15) is 19.4 Å². The van der Waals surface area contributed by atoms with Crippen LogP contribution in [0.5, 0.6) is 0 Å². The fraction of sp³-hybridized carbons (Fsp3) is 0.429. The molecular formula is C14H16FNO3. The third kappa shape index (κ3) is 2.20. The summed E-state index contributed by atoms with van der Waals surface area (Å²) in [5.74, 6) is -3.27. The van der Waals surface area contributed by atoms with Gasteiger partial charge in [-0.05, 0) is 24.0 Å². The summed E-state index contributed by atoms with van der Waals surface area (Å²) in [6, 6.07) is 4.50. The van der Waals surface area contributed by atoms with Gasteiger partial charge in [0.2, 0.25) is 5.91 Å². The number of anilines is 1. The summed E-state index contributed by atoms with van der Waals surface area (Å²) in [6.45, 7) is 5.14. The van der Waals surface area contributed by atoms with Crippen LogP contribution >= 0.6 is 0 Å². The Morgan fingerprint density at radius 2 is 1.95 bits per heavy atom. The molecule has 0 bridgehead atoms. The number of hydrogen-bond donors (Lipinski definition) is 2. The van der Waals surface area contributed by atoms with Gasteiger partial charge in [-0.15, -0.1) is 0 Å². The highest BCUT2D eigenvalue weighted by Crippen LogP contribution is 2.58. The lowest BCUT2D eigenvalue weighted by atomic mass is 10.1. The van der Waals surface area contributed by atoms with Gasteiger partial charge < -0.3 is 10.4 Å². The number of aliphatic carboxylic acids is 1. The first-order valence-corrected chi connectivity index (χ1v) is 6.05. The van der Waals surface area contributed by atoms with Gasteiger partial charge in [-0.2, -0.15) is 0 Å². The molecule has 0 heterocycles. The van der Waals surface area contributed by atoms with Crippen LogP contribution in [0.15, 0.2) is 18.2 Å². The quantitative estimate of drug-likeness (QED) is 0.882. The number of hydrogen-bond acceptors (Lipinski definition) is 2. The van der Waals surface area contributed by atoms with E-state index in [4.69, 9.17) is 5.11 Å². The molecule has 2 rings (SSSR count). The third-order valence-corrected chi connectivity index (χ3v) is 3.85. The highest BCUT2D eigenvalue weighted by atomic mass is 19.1. The summed E-state index contributed by atoms with van der Waals surface area (Å²) in [4.78, 5) is 23.1. The van der Waals surface area contributed by atoms with E-state index in [2.05, 4.69) is 5.32 Å². The molecule has 1 aromatic rings. The van der Waals surface area contributed by atoms with E-state index in [9.17, 15) is 14.0 Å². The second-order valence-electron chi connectivity index (χ2n) is 5.54. The van der Waals surface area contributed by atoms with Gasteiger partial charge in [0.1, 0.15) is 5.82 Å². The van der Waals surface area contributed by atoms with E-state index in [0.29, 0.717) is 5.56 Å². The van der Waals surface area contributed by atoms with Crippen molar-refractivity contribution in [2.24, 2.45) is 17.3 Å². The molecule has 1 aliphatic carbocycles. The molecule has 1 fully saturated rings. The van der Waals surface area contributed by atoms with Gasteiger partial charge in [-0.25, -0.2) is 4.39 Å². The number of carbonyl (C=O) groups excluding carboxylic acids is 1. The molecule has 0 saturated heterocycles. The number of halogens is 1. The molecule has 0 aromatic heterocycles. The molecule has 5 heteroatoms. The monoisotopic (exact) mass is 265 g/mol. The van der Waals surface area contributed by atoms with Gasteiger partial charge >= 0.3 is 5.97 Å². The van der Waals surface area contributed by atoms with Crippen molar-refractivity contribution in [2.75, 3.05) is 5.32 Å². The fourth-order valence-corrected chi connectivity index (χ4v) is 2.58. The highest BCUT2D eigenvalue weighted by molar-refractivity contribution is 6.00. The van der Waals surface area contributed by atoms with Crippen LogP contribution in [0.2, 0.25) is 0 Å². The number of aryl methyl sites for hydroxylation is 1. The fourth-order valence-electron chi connectivity index (χ4n) is 2.58. The lowest BCUT2D eigenvalue weighted by molar-refractivity contribution is -0.140. The van der Waals surface area contributed by atoms with E-state index in [0.717, 1.165) is 0 Å². The minimum absolute atomic E-state index is 0.124. The number of carboxylic acids is 1. The third-order valence-electron chi connectivity index (χ3n) is 3.85. The van der Waals surface area contributed by atoms with Gasteiger partial charge in [0.15, 0.2) is 0 Å². The summed E-state index contributed by atoms with van der Waals surface area (Å²) in [5, 5.41) is 11.5. The molecule has 4 nitrogen and oxygen atoms in total. The van der Waals surface area contributed by atoms with Crippen LogP contribution in [0, 0.1) is 30.0 Å². The topological polar surface area (TPSA) is 66.4 Å². The molecular weight excluding hydrogens is 249 g/mol. The van der Waals surface area contributed by atoms with Crippen molar-refractivity contribution in [3.63, 3.8) is 0 Å². The Kier molecular flexibility index (Phi) is 3.08. The van der Waals surface area contributed by atoms with Gasteiger partial charge in [-0.1, -0.05) is 26.0 Å². The first-order chi connectivity index (χ1) is 8.76. The molecule has 19 heavy (non-hydrogen) atoms. The molecule has 102 valence electrons. The molecule has 2 atom stereocenters. The number of rotatable bonds is 3. The van der Waals surface area contributed by atoms with Crippen molar-refractivity contribution in [3.05, 3.63) is 29.6 Å². The standard InChI is InChI=1S/C14H16FNO3/c1-7-5-4-6-8(15)11(7)16-12(17)9-10(13(18)19)14(9,2)3/h4-6,9-10H,1-3H3,(H,16,17)(H,18,19)/t9-,10+/m0/s1. The predicted molar refractivity (Wildman–Crippen MR) is 68.2 cm³/mol. The minimum Gasteiger partial charge on any atom is -0.481 e. The van der Waals surface area contributed by atoms with E-state index in [-0.39, 0.29) is 5.69 Å². The van der Waals surface area contributed by atoms with E-state index >= 15 is 0 Å². The SMILES string of the molecule is Cc1cccc(F)c1NC(=O)[C@@H]1[C@H](C(=O)O)C1(C)C. The molecule has 2 N–H and O–H groups in total. The Morgan fingerprint density at radius 1 is 1.32 bits per heavy atom. The Labute approximate surface area is 110 Å². The zero-order valence-corrected chi connectivity index (χ0v) is 11.0. The lowest BCUT2D eigenvalue weighted by Gasteiger charge is -2.09. The van der Waals surface area contributed by atoms with E-state index in [1.165, 1.54) is 6.07 Å². The average molecular weight is 265 g/mol. The average Bonchev–Trinajstić information content (AvgIpc) is 2.87. The van der Waals surface area contributed by atoms with Crippen LogP contribution in [0.25, 0.3) is 0 Å². The molecule has 1 aliphatic rings. The number of para-hydroxylation sites is 1. The summed E-state index contributed by atoms with van der Waals surface area (Å²) < 4.78 is 13.6. The number of benzene rings is 1. The van der Waals surface area contributed by atoms with Gasteiger partial charge in [-0.3, -0.25) is 9.59 Å². The Hall–Kier alpha value is -1.91. The zero-order valence-electron chi connectivity index (χ0n) is 11.0. The Morgan fingerprint density at radius 3 is 2.42 bits per heavy atom. The molecule has 0 spiro atoms. The van der Waals surface area contributed by atoms with Gasteiger partial charge in [0, 0.05) is 0 Å². The zero-order chi connectivity index (χ0) is 14.4. The molecule has 0 unspecified atom stereocenters. The van der Waals surface area contributed by atoms with Crippen LogP contribution in [0.4, 0.5) is 10.1 Å². The Balaban J connectivity index is 2.18. The molecule has 0 radical (unpaired) electrons. The minimum atomic E-state index is -0.990. The van der Waals surface area contributed by atoms with E-state index in [1.807, 2.05) is 0 Å². The lowest BCUT2D eigenvalue weighted by Crippen LogP contribution is -2.19. The van der Waals surface area contributed by atoms with Crippen molar-refractivity contribution in [1.29, 1.82) is 0 Å². The van der Waals surface area contributed by atoms with Crippen LogP contribution in [-0.4, -0.2) is 17.0 Å². The smallest absolute Gasteiger partial charge is 0.307 e. The highest BCUT2D eigenvalue weighted by Gasteiger charge is 2.65. The summed E-state index contributed by atoms with van der Waals surface area (Å²) in [6.07, 6.45) is 0. The molecule has 1 saturated carbocycles. The summed E-state index contributed by atoms with van der Waals surface area (Å²) >= 11 is 0. The molecule has 0 aliphatic heterocycles. The summed E-state index contributed by atoms with van der Waals surface area (Å²) in [7, 11) is 0. The van der Waals surface area contributed by atoms with Crippen molar-refractivity contribution in [3.8, 4) is 0 Å². The maximum absolute atomic E-state index is 13.6. The number of nitrogens with one attached hydrogen (secondary N) is 1. The Bertz CT molecular complexity index is 533. The second kappa shape index (κ2) is 4.33. The van der Waals surface area contributed by atoms with Gasteiger partial charge in [0.05, 0.1) is 17.5 Å². The number of carbonyl (C=O) groups is 2. The van der Waals surface area contributed by atoms with Crippen molar-refractivity contribution < 1.29 is 19.1 Å². The first kappa shape index (κ1) is 13.5. The molecule has 1 amide bonds. The van der Waals surface area contributed by atoms with E-state index in [1.54, 1.807) is 32.9 Å². The van der Waals surface area contributed by atoms with Crippen LogP contribution in [0.3, 0.4) is 0 Å². The van der Waals surface area contributed by atoms with Gasteiger partial charge in [0.25, 0.3) is 0 Å².